The molecule has 0 amide bonds. The second-order valence-corrected chi connectivity index (χ2v) is 8.77. The van der Waals surface area contributed by atoms with Gasteiger partial charge in [-0.3, -0.25) is 4.79 Å². The van der Waals surface area contributed by atoms with Crippen LogP contribution in [0, 0.1) is 0 Å². The van der Waals surface area contributed by atoms with E-state index in [1.165, 1.54) is 0 Å². The van der Waals surface area contributed by atoms with E-state index in [4.69, 9.17) is 15.5 Å². The fourth-order valence-electron chi connectivity index (χ4n) is 3.18. The van der Waals surface area contributed by atoms with Crippen LogP contribution in [-0.2, 0) is 4.79 Å². The molecule has 31 heavy (non-hydrogen) atoms. The number of nitrogens with two attached hydrogens (primary N) is 1. The molecule has 0 fully saturated rings. The number of anilines is 1. The summed E-state index contributed by atoms with van der Waals surface area (Å²) in [4.78, 5) is 17.8. The smallest absolute Gasteiger partial charge is 0.321 e. The highest BCUT2D eigenvalue weighted by Crippen LogP contribution is 2.43. The molecule has 4 rings (SSSR count). The van der Waals surface area contributed by atoms with Crippen molar-refractivity contribution < 1.29 is 14.6 Å². The molecular weight excluding hydrogens is 428 g/mol. The summed E-state index contributed by atoms with van der Waals surface area (Å²) in [7, 11) is 1.62. The monoisotopic (exact) mass is 448 g/mol. The van der Waals surface area contributed by atoms with E-state index < -0.39 is 11.2 Å². The number of rotatable bonds is 7. The van der Waals surface area contributed by atoms with Gasteiger partial charge in [0.1, 0.15) is 16.0 Å². The summed E-state index contributed by atoms with van der Waals surface area (Å²) < 4.78 is 5.26. The molecule has 0 aliphatic rings. The molecule has 2 aromatic carbocycles. The van der Waals surface area contributed by atoms with Crippen LogP contribution in [0.15, 0.2) is 83.2 Å². The quantitative estimate of drug-likeness (QED) is 0.338. The lowest BCUT2D eigenvalue weighted by atomic mass is 10.0. The Morgan fingerprint density at radius 3 is 2.45 bits per heavy atom. The van der Waals surface area contributed by atoms with Crippen molar-refractivity contribution in [2.45, 2.75) is 10.3 Å². The van der Waals surface area contributed by atoms with Crippen molar-refractivity contribution in [1.82, 2.24) is 4.98 Å². The Bertz CT molecular complexity index is 1180. The molecule has 156 valence electrons. The maximum absolute atomic E-state index is 12.1. The molecule has 1 atom stereocenters. The molecule has 0 saturated heterocycles. The number of carboxylic acid groups (broad SMARTS) is 1. The third-order valence-electron chi connectivity index (χ3n) is 4.75. The summed E-state index contributed by atoms with van der Waals surface area (Å²) in [6.07, 6.45) is 0. The van der Waals surface area contributed by atoms with Crippen LogP contribution in [0.1, 0.15) is 10.8 Å². The number of nitrogen functional groups attached to an aromatic ring is 1. The maximum atomic E-state index is 12.1. The molecule has 2 aromatic heterocycles. The SMILES string of the molecule is COc1ccc(-c2cc(-c3cccs3)nc(SC(C(=O)O)c3ccccc3)c2N)cc1. The van der Waals surface area contributed by atoms with Crippen molar-refractivity contribution >= 4 is 34.8 Å². The van der Waals surface area contributed by atoms with Crippen molar-refractivity contribution in [3.63, 3.8) is 0 Å². The Morgan fingerprint density at radius 1 is 1.10 bits per heavy atom. The summed E-state index contributed by atoms with van der Waals surface area (Å²) in [5.74, 6) is -0.190. The van der Waals surface area contributed by atoms with E-state index in [1.807, 2.05) is 66.0 Å². The first-order valence-electron chi connectivity index (χ1n) is 9.50. The Kier molecular flexibility index (Phi) is 6.25. The molecule has 0 spiro atoms. The Labute approximate surface area is 188 Å². The molecule has 0 saturated carbocycles. The standard InChI is InChI=1S/C24H20N2O3S2/c1-29-17-11-9-15(10-12-17)18-14-19(20-8-5-13-30-20)26-23(21(18)25)31-22(24(27)28)16-6-3-2-4-7-16/h2-14,22H,25H2,1H3,(H,27,28). The van der Waals surface area contributed by atoms with Gasteiger partial charge in [-0.1, -0.05) is 60.3 Å². The van der Waals surface area contributed by atoms with E-state index in [0.29, 0.717) is 16.3 Å². The zero-order chi connectivity index (χ0) is 21.8. The zero-order valence-electron chi connectivity index (χ0n) is 16.7. The molecular formula is C24H20N2O3S2. The van der Waals surface area contributed by atoms with Gasteiger partial charge in [-0.05, 0) is 40.8 Å². The average Bonchev–Trinajstić information content (AvgIpc) is 3.34. The number of thiophene rings is 1. The largest absolute Gasteiger partial charge is 0.497 e. The number of aromatic nitrogens is 1. The Morgan fingerprint density at radius 2 is 1.84 bits per heavy atom. The Balaban J connectivity index is 1.82. The van der Waals surface area contributed by atoms with Crippen LogP contribution in [-0.4, -0.2) is 23.2 Å². The van der Waals surface area contributed by atoms with Gasteiger partial charge in [-0.15, -0.1) is 11.3 Å². The summed E-state index contributed by atoms with van der Waals surface area (Å²) in [5, 5.41) is 11.5. The van der Waals surface area contributed by atoms with E-state index in [0.717, 1.165) is 39.2 Å². The number of carbonyl (C=O) groups is 1. The van der Waals surface area contributed by atoms with Gasteiger partial charge in [0.05, 0.1) is 23.4 Å². The van der Waals surface area contributed by atoms with Crippen LogP contribution in [0.4, 0.5) is 5.69 Å². The van der Waals surface area contributed by atoms with E-state index in [9.17, 15) is 9.90 Å². The molecule has 7 heteroatoms. The zero-order valence-corrected chi connectivity index (χ0v) is 18.3. The minimum atomic E-state index is -0.940. The number of hydrogen-bond acceptors (Lipinski definition) is 6. The van der Waals surface area contributed by atoms with Gasteiger partial charge in [-0.2, -0.15) is 0 Å². The van der Waals surface area contributed by atoms with Gasteiger partial charge in [0.15, 0.2) is 0 Å². The predicted octanol–water partition coefficient (Wildman–Crippen LogP) is 5.99. The van der Waals surface area contributed by atoms with Crippen molar-refractivity contribution in [3.05, 3.63) is 83.7 Å². The predicted molar refractivity (Wildman–Crippen MR) is 127 cm³/mol. The van der Waals surface area contributed by atoms with E-state index in [2.05, 4.69) is 0 Å². The topological polar surface area (TPSA) is 85.4 Å². The van der Waals surface area contributed by atoms with Gasteiger partial charge < -0.3 is 15.6 Å². The highest BCUT2D eigenvalue weighted by Gasteiger charge is 2.24. The number of methoxy groups -OCH3 is 1. The van der Waals surface area contributed by atoms with E-state index >= 15 is 0 Å². The number of aliphatic carboxylic acids is 1. The molecule has 2 heterocycles. The molecule has 1 unspecified atom stereocenters. The maximum Gasteiger partial charge on any atom is 0.321 e. The number of hydrogen-bond donors (Lipinski definition) is 2. The molecule has 4 aromatic rings. The van der Waals surface area contributed by atoms with Crippen LogP contribution in [0.3, 0.4) is 0 Å². The summed E-state index contributed by atoms with van der Waals surface area (Å²) in [6, 6.07) is 22.6. The molecule has 0 aliphatic carbocycles. The van der Waals surface area contributed by atoms with Gasteiger partial charge >= 0.3 is 5.97 Å². The van der Waals surface area contributed by atoms with Crippen LogP contribution in [0.5, 0.6) is 5.75 Å². The number of ether oxygens (including phenoxy) is 1. The van der Waals surface area contributed by atoms with Crippen LogP contribution in [0.2, 0.25) is 0 Å². The highest BCUT2D eigenvalue weighted by molar-refractivity contribution is 8.00. The minimum Gasteiger partial charge on any atom is -0.497 e. The lowest BCUT2D eigenvalue weighted by molar-refractivity contribution is -0.136. The van der Waals surface area contributed by atoms with Gasteiger partial charge in [0.25, 0.3) is 0 Å². The highest BCUT2D eigenvalue weighted by atomic mass is 32.2. The third-order valence-corrected chi connectivity index (χ3v) is 6.89. The minimum absolute atomic E-state index is 0.456. The summed E-state index contributed by atoms with van der Waals surface area (Å²) in [6.45, 7) is 0. The molecule has 0 bridgehead atoms. The second kappa shape index (κ2) is 9.24. The first-order valence-corrected chi connectivity index (χ1v) is 11.3. The van der Waals surface area contributed by atoms with Crippen LogP contribution < -0.4 is 10.5 Å². The molecule has 0 aliphatic heterocycles. The number of nitrogens with zero attached hydrogens (tertiary/aromatic N) is 1. The first-order chi connectivity index (χ1) is 15.1. The van der Waals surface area contributed by atoms with Crippen molar-refractivity contribution in [2.24, 2.45) is 0 Å². The van der Waals surface area contributed by atoms with Gasteiger partial charge in [-0.25, -0.2) is 4.98 Å². The summed E-state index contributed by atoms with van der Waals surface area (Å²) >= 11 is 2.72. The second-order valence-electron chi connectivity index (χ2n) is 6.73. The number of thioether (sulfide) groups is 1. The molecule has 5 nitrogen and oxygen atoms in total. The summed E-state index contributed by atoms with van der Waals surface area (Å²) in [5.41, 5.74) is 10.1. The lowest BCUT2D eigenvalue weighted by Gasteiger charge is -2.17. The number of benzene rings is 2. The Hall–Kier alpha value is -3.29. The van der Waals surface area contributed by atoms with Crippen molar-refractivity contribution in [1.29, 1.82) is 0 Å². The van der Waals surface area contributed by atoms with Crippen LogP contribution in [0.25, 0.3) is 21.7 Å². The number of pyridine rings is 1. The van der Waals surface area contributed by atoms with Gasteiger partial charge in [0.2, 0.25) is 0 Å². The average molecular weight is 449 g/mol. The molecule has 0 radical (unpaired) electrons. The van der Waals surface area contributed by atoms with E-state index in [-0.39, 0.29) is 0 Å². The fourth-order valence-corrected chi connectivity index (χ4v) is 4.87. The lowest BCUT2D eigenvalue weighted by Crippen LogP contribution is -2.09. The number of carboxylic acids is 1. The third kappa shape index (κ3) is 4.57. The normalized spacial score (nSPS) is 11.8. The van der Waals surface area contributed by atoms with Gasteiger partial charge in [0, 0.05) is 5.56 Å². The fraction of sp³-hybridized carbons (Fsp3) is 0.0833. The van der Waals surface area contributed by atoms with E-state index in [1.54, 1.807) is 30.6 Å². The first kappa shape index (κ1) is 21.0. The molecule has 3 N–H and O–H groups in total. The van der Waals surface area contributed by atoms with Crippen molar-refractivity contribution in [2.75, 3.05) is 12.8 Å². The van der Waals surface area contributed by atoms with Crippen LogP contribution >= 0.6 is 23.1 Å². The van der Waals surface area contributed by atoms with Crippen molar-refractivity contribution in [3.8, 4) is 27.4 Å².